The van der Waals surface area contributed by atoms with Gasteiger partial charge in [-0.3, -0.25) is 9.69 Å². The molecule has 1 aliphatic heterocycles. The molecule has 0 aromatic heterocycles. The summed E-state index contributed by atoms with van der Waals surface area (Å²) in [7, 11) is 0. The summed E-state index contributed by atoms with van der Waals surface area (Å²) in [5.74, 6) is -0.0285. The summed E-state index contributed by atoms with van der Waals surface area (Å²) in [6.45, 7) is 9.22. The topological polar surface area (TPSA) is 32.3 Å². The highest BCUT2D eigenvalue weighted by Gasteiger charge is 2.16. The highest BCUT2D eigenvalue weighted by atomic mass is 16.1. The third kappa shape index (κ3) is 4.63. The molecule has 4 rings (SSSR count). The fourth-order valence-electron chi connectivity index (χ4n) is 4.11. The number of fused-ring (bicyclic) bond motifs is 1. The van der Waals surface area contributed by atoms with Crippen LogP contribution in [0.3, 0.4) is 0 Å². The van der Waals surface area contributed by atoms with Gasteiger partial charge >= 0.3 is 0 Å². The molecule has 1 atom stereocenters. The first kappa shape index (κ1) is 20.4. The molecule has 0 bridgehead atoms. The lowest BCUT2D eigenvalue weighted by molar-refractivity contribution is 0.0940. The van der Waals surface area contributed by atoms with Crippen LogP contribution in [0.4, 0.5) is 0 Å². The Morgan fingerprint density at radius 1 is 0.967 bits per heavy atom. The van der Waals surface area contributed by atoms with Gasteiger partial charge in [-0.2, -0.15) is 0 Å². The van der Waals surface area contributed by atoms with Crippen molar-refractivity contribution >= 4 is 5.91 Å². The smallest absolute Gasteiger partial charge is 0.251 e. The van der Waals surface area contributed by atoms with Crippen molar-refractivity contribution in [1.82, 2.24) is 10.2 Å². The molecule has 0 radical (unpaired) electrons. The minimum Gasteiger partial charge on any atom is -0.346 e. The van der Waals surface area contributed by atoms with Gasteiger partial charge in [0.05, 0.1) is 6.04 Å². The predicted octanol–water partition coefficient (Wildman–Crippen LogP) is 5.35. The lowest BCUT2D eigenvalue weighted by Gasteiger charge is -2.28. The van der Waals surface area contributed by atoms with E-state index in [9.17, 15) is 4.79 Å². The molecule has 1 heterocycles. The highest BCUT2D eigenvalue weighted by Crippen LogP contribution is 2.21. The van der Waals surface area contributed by atoms with Gasteiger partial charge in [-0.05, 0) is 72.7 Å². The Labute approximate surface area is 179 Å². The minimum absolute atomic E-state index is 0.0232. The van der Waals surface area contributed by atoms with Crippen molar-refractivity contribution in [2.45, 2.75) is 46.3 Å². The molecule has 30 heavy (non-hydrogen) atoms. The fourth-order valence-corrected chi connectivity index (χ4v) is 4.11. The van der Waals surface area contributed by atoms with E-state index < -0.39 is 0 Å². The Balaban J connectivity index is 1.36. The zero-order valence-corrected chi connectivity index (χ0v) is 18.1. The molecule has 3 aromatic rings. The number of carbonyl (C=O) groups excluding carboxylic acids is 1. The fraction of sp³-hybridized carbons (Fsp3) is 0.296. The van der Waals surface area contributed by atoms with E-state index in [0.29, 0.717) is 5.56 Å². The molecule has 0 saturated carbocycles. The highest BCUT2D eigenvalue weighted by molar-refractivity contribution is 5.94. The van der Waals surface area contributed by atoms with Gasteiger partial charge in [0.1, 0.15) is 0 Å². The van der Waals surface area contributed by atoms with E-state index in [4.69, 9.17) is 0 Å². The largest absolute Gasteiger partial charge is 0.346 e. The van der Waals surface area contributed by atoms with Crippen molar-refractivity contribution in [1.29, 1.82) is 0 Å². The average molecular weight is 399 g/mol. The predicted molar refractivity (Wildman–Crippen MR) is 122 cm³/mol. The molecule has 1 aliphatic rings. The van der Waals surface area contributed by atoms with Crippen molar-refractivity contribution in [3.63, 3.8) is 0 Å². The van der Waals surface area contributed by atoms with E-state index in [1.807, 2.05) is 19.1 Å². The Morgan fingerprint density at radius 2 is 1.70 bits per heavy atom. The van der Waals surface area contributed by atoms with E-state index in [1.165, 1.54) is 27.8 Å². The van der Waals surface area contributed by atoms with Crippen LogP contribution in [0.1, 0.15) is 56.7 Å². The summed E-state index contributed by atoms with van der Waals surface area (Å²) < 4.78 is 0. The van der Waals surface area contributed by atoms with E-state index in [-0.39, 0.29) is 11.9 Å². The Morgan fingerprint density at radius 3 is 2.43 bits per heavy atom. The first-order valence-corrected chi connectivity index (χ1v) is 10.8. The lowest BCUT2D eigenvalue weighted by atomic mass is 9.99. The summed E-state index contributed by atoms with van der Waals surface area (Å²) >= 11 is 0. The van der Waals surface area contributed by atoms with Crippen LogP contribution >= 0.6 is 0 Å². The molecule has 3 nitrogen and oxygen atoms in total. The standard InChI is InChI=1S/C27H30N2O/c1-19-8-11-25(16-20(19)2)21(3)28-27(30)24-12-9-22(10-13-24)17-29-15-14-23-6-4-5-7-26(23)18-29/h4-13,16,21H,14-15,17-18H2,1-3H3,(H,28,30). The van der Waals surface area contributed by atoms with Crippen molar-refractivity contribution in [2.24, 2.45) is 0 Å². The number of hydrogen-bond donors (Lipinski definition) is 1. The second kappa shape index (κ2) is 8.85. The van der Waals surface area contributed by atoms with Crippen LogP contribution < -0.4 is 5.32 Å². The number of hydrogen-bond acceptors (Lipinski definition) is 2. The van der Waals surface area contributed by atoms with Gasteiger partial charge in [0.25, 0.3) is 5.91 Å². The summed E-state index contributed by atoms with van der Waals surface area (Å²) in [5.41, 5.74) is 8.50. The maximum atomic E-state index is 12.7. The molecule has 0 aliphatic carbocycles. The molecule has 154 valence electrons. The second-order valence-corrected chi connectivity index (χ2v) is 8.47. The first-order chi connectivity index (χ1) is 14.5. The Kier molecular flexibility index (Phi) is 6.01. The zero-order chi connectivity index (χ0) is 21.1. The third-order valence-corrected chi connectivity index (χ3v) is 6.21. The van der Waals surface area contributed by atoms with Crippen LogP contribution in [-0.4, -0.2) is 17.4 Å². The lowest BCUT2D eigenvalue weighted by Crippen LogP contribution is -2.30. The molecule has 0 fully saturated rings. The van der Waals surface area contributed by atoms with Gasteiger partial charge in [0, 0.05) is 25.2 Å². The molecule has 1 unspecified atom stereocenters. The van der Waals surface area contributed by atoms with Gasteiger partial charge < -0.3 is 5.32 Å². The quantitative estimate of drug-likeness (QED) is 0.628. The van der Waals surface area contributed by atoms with E-state index in [2.05, 4.69) is 78.7 Å². The van der Waals surface area contributed by atoms with Gasteiger partial charge in [-0.15, -0.1) is 0 Å². The normalized spacial score (nSPS) is 14.8. The first-order valence-electron chi connectivity index (χ1n) is 10.8. The van der Waals surface area contributed by atoms with Crippen LogP contribution in [0, 0.1) is 13.8 Å². The second-order valence-electron chi connectivity index (χ2n) is 8.47. The summed E-state index contributed by atoms with van der Waals surface area (Å²) in [4.78, 5) is 15.2. The molecule has 3 aromatic carbocycles. The van der Waals surface area contributed by atoms with E-state index in [1.54, 1.807) is 0 Å². The Hall–Kier alpha value is -2.91. The average Bonchev–Trinajstić information content (AvgIpc) is 2.76. The van der Waals surface area contributed by atoms with Crippen molar-refractivity contribution in [2.75, 3.05) is 6.54 Å². The van der Waals surface area contributed by atoms with Gasteiger partial charge in [-0.25, -0.2) is 0 Å². The molecule has 0 saturated heterocycles. The van der Waals surface area contributed by atoms with Gasteiger partial charge in [0.2, 0.25) is 0 Å². The zero-order valence-electron chi connectivity index (χ0n) is 18.1. The van der Waals surface area contributed by atoms with E-state index in [0.717, 1.165) is 31.6 Å². The van der Waals surface area contributed by atoms with Gasteiger partial charge in [-0.1, -0.05) is 54.6 Å². The molecule has 1 amide bonds. The minimum atomic E-state index is -0.0285. The number of amides is 1. The molecule has 0 spiro atoms. The van der Waals surface area contributed by atoms with Crippen LogP contribution in [0.15, 0.2) is 66.7 Å². The van der Waals surface area contributed by atoms with Crippen LogP contribution in [0.2, 0.25) is 0 Å². The maximum Gasteiger partial charge on any atom is 0.251 e. The third-order valence-electron chi connectivity index (χ3n) is 6.21. The van der Waals surface area contributed by atoms with Crippen LogP contribution in [0.25, 0.3) is 0 Å². The number of nitrogens with one attached hydrogen (secondary N) is 1. The summed E-state index contributed by atoms with van der Waals surface area (Å²) in [5, 5.41) is 3.12. The van der Waals surface area contributed by atoms with Crippen LogP contribution in [0.5, 0.6) is 0 Å². The molecular formula is C27H30N2O. The number of carbonyl (C=O) groups is 1. The maximum absolute atomic E-state index is 12.7. The molecule has 3 heteroatoms. The van der Waals surface area contributed by atoms with Gasteiger partial charge in [0.15, 0.2) is 0 Å². The van der Waals surface area contributed by atoms with E-state index >= 15 is 0 Å². The Bertz CT molecular complexity index is 1040. The van der Waals surface area contributed by atoms with Crippen molar-refractivity contribution < 1.29 is 4.79 Å². The number of rotatable bonds is 5. The monoisotopic (exact) mass is 398 g/mol. The number of aryl methyl sites for hydroxylation is 2. The summed E-state index contributed by atoms with van der Waals surface area (Å²) in [6, 6.07) is 23.1. The number of nitrogens with zero attached hydrogens (tertiary/aromatic N) is 1. The van der Waals surface area contributed by atoms with Crippen LogP contribution in [-0.2, 0) is 19.5 Å². The van der Waals surface area contributed by atoms with Crippen molar-refractivity contribution in [3.05, 3.63) is 106 Å². The van der Waals surface area contributed by atoms with Crippen molar-refractivity contribution in [3.8, 4) is 0 Å². The summed E-state index contributed by atoms with van der Waals surface area (Å²) in [6.07, 6.45) is 1.10. The molecule has 1 N–H and O–H groups in total. The number of benzene rings is 3. The SMILES string of the molecule is Cc1ccc(C(C)NC(=O)c2ccc(CN3CCc4ccccc4C3)cc2)cc1C. The molecular weight excluding hydrogens is 368 g/mol.